The second-order valence-electron chi connectivity index (χ2n) is 8.23. The Kier molecular flexibility index (Phi) is 6.89. The molecular weight excluding hydrogens is 438 g/mol. The summed E-state index contributed by atoms with van der Waals surface area (Å²) in [4.78, 5) is 17.1. The smallest absolute Gasteiger partial charge is 0.258 e. The lowest BCUT2D eigenvalue weighted by Gasteiger charge is -2.12. The lowest BCUT2D eigenvalue weighted by Crippen LogP contribution is -2.29. The fourth-order valence-corrected chi connectivity index (χ4v) is 4.13. The first-order valence-electron chi connectivity index (χ1n) is 11.8. The molecule has 0 saturated carbocycles. The van der Waals surface area contributed by atoms with Gasteiger partial charge in [0, 0.05) is 11.9 Å². The summed E-state index contributed by atoms with van der Waals surface area (Å²) in [6.07, 6.45) is 0.807. The monoisotopic (exact) mass is 465 g/mol. The Morgan fingerprint density at radius 1 is 0.829 bits per heavy atom. The summed E-state index contributed by atoms with van der Waals surface area (Å²) < 4.78 is 13.8. The highest BCUT2D eigenvalue weighted by atomic mass is 16.5. The Bertz CT molecular complexity index is 1420. The van der Waals surface area contributed by atoms with Gasteiger partial charge in [0.2, 0.25) is 0 Å². The summed E-state index contributed by atoms with van der Waals surface area (Å²) in [5.74, 6) is 2.18. The number of nitrogens with zero attached hydrogens (tertiary/aromatic N) is 2. The average molecular weight is 466 g/mol. The highest BCUT2D eigenvalue weighted by Crippen LogP contribution is 2.25. The van der Waals surface area contributed by atoms with Crippen LogP contribution in [0.5, 0.6) is 11.5 Å². The van der Waals surface area contributed by atoms with Crippen LogP contribution in [0.15, 0.2) is 97.1 Å². The summed E-state index contributed by atoms with van der Waals surface area (Å²) in [7, 11) is 0. The molecule has 4 aromatic carbocycles. The molecular formula is C29H27N3O3. The van der Waals surface area contributed by atoms with Gasteiger partial charge in [-0.05, 0) is 42.1 Å². The molecule has 0 saturated heterocycles. The zero-order valence-corrected chi connectivity index (χ0v) is 19.4. The van der Waals surface area contributed by atoms with Gasteiger partial charge in [0.15, 0.2) is 6.61 Å². The molecule has 0 aliphatic heterocycles. The SMILES string of the molecule is O=C(COc1ccccc1)NCc1nc2ccccc2n1CCCOc1cccc2ccccc12. The number of hydrogen-bond acceptors (Lipinski definition) is 4. The Morgan fingerprint density at radius 3 is 2.51 bits per heavy atom. The number of aromatic nitrogens is 2. The van der Waals surface area contributed by atoms with Crippen molar-refractivity contribution in [1.29, 1.82) is 0 Å². The minimum absolute atomic E-state index is 0.0386. The van der Waals surface area contributed by atoms with Crippen LogP contribution < -0.4 is 14.8 Å². The molecule has 1 N–H and O–H groups in total. The van der Waals surface area contributed by atoms with Gasteiger partial charge in [0.1, 0.15) is 17.3 Å². The molecule has 0 radical (unpaired) electrons. The van der Waals surface area contributed by atoms with Crippen LogP contribution in [0, 0.1) is 0 Å². The van der Waals surface area contributed by atoms with E-state index in [1.165, 1.54) is 5.39 Å². The molecule has 0 atom stereocenters. The number of ether oxygens (including phenoxy) is 2. The molecule has 0 aliphatic rings. The van der Waals surface area contributed by atoms with Gasteiger partial charge >= 0.3 is 0 Å². The van der Waals surface area contributed by atoms with Crippen LogP contribution in [0.25, 0.3) is 21.8 Å². The van der Waals surface area contributed by atoms with E-state index in [0.29, 0.717) is 18.9 Å². The van der Waals surface area contributed by atoms with Gasteiger partial charge in [-0.25, -0.2) is 4.98 Å². The molecule has 0 unspecified atom stereocenters. The van der Waals surface area contributed by atoms with Gasteiger partial charge in [-0.15, -0.1) is 0 Å². The Hall–Kier alpha value is -4.32. The molecule has 1 amide bonds. The van der Waals surface area contributed by atoms with Crippen LogP contribution in [0.1, 0.15) is 12.2 Å². The highest BCUT2D eigenvalue weighted by molar-refractivity contribution is 5.88. The standard InChI is InChI=1S/C29H27N3O3/c33-29(21-35-23-12-2-1-3-13-23)30-20-28-31-25-15-6-7-16-26(25)32(28)18-9-19-34-27-17-8-11-22-10-4-5-14-24(22)27/h1-8,10-17H,9,18-21H2,(H,30,33). The van der Waals surface area contributed by atoms with E-state index in [1.54, 1.807) is 0 Å². The summed E-state index contributed by atoms with van der Waals surface area (Å²) in [6.45, 7) is 1.60. The predicted molar refractivity (Wildman–Crippen MR) is 138 cm³/mol. The molecule has 5 rings (SSSR count). The molecule has 0 fully saturated rings. The third kappa shape index (κ3) is 5.44. The molecule has 0 bridgehead atoms. The zero-order valence-electron chi connectivity index (χ0n) is 19.4. The number of benzene rings is 4. The Morgan fingerprint density at radius 2 is 1.60 bits per heavy atom. The van der Waals surface area contributed by atoms with Crippen molar-refractivity contribution in [2.24, 2.45) is 0 Å². The van der Waals surface area contributed by atoms with E-state index < -0.39 is 0 Å². The highest BCUT2D eigenvalue weighted by Gasteiger charge is 2.12. The van der Waals surface area contributed by atoms with E-state index in [4.69, 9.17) is 14.5 Å². The molecule has 35 heavy (non-hydrogen) atoms. The number of fused-ring (bicyclic) bond motifs is 2. The zero-order chi connectivity index (χ0) is 23.9. The summed E-state index contributed by atoms with van der Waals surface area (Å²) in [5.41, 5.74) is 1.95. The third-order valence-corrected chi connectivity index (χ3v) is 5.82. The molecule has 1 aromatic heterocycles. The van der Waals surface area contributed by atoms with Gasteiger partial charge in [-0.1, -0.05) is 66.7 Å². The number of amides is 1. The molecule has 0 spiro atoms. The van der Waals surface area contributed by atoms with Gasteiger partial charge in [-0.2, -0.15) is 0 Å². The number of rotatable bonds is 10. The fraction of sp³-hybridized carbons (Fsp3) is 0.172. The van der Waals surface area contributed by atoms with E-state index in [0.717, 1.165) is 41.0 Å². The van der Waals surface area contributed by atoms with Crippen LogP contribution in [0.2, 0.25) is 0 Å². The van der Waals surface area contributed by atoms with Gasteiger partial charge < -0.3 is 19.4 Å². The number of aryl methyl sites for hydroxylation is 1. The summed E-state index contributed by atoms with van der Waals surface area (Å²) >= 11 is 0. The van der Waals surface area contributed by atoms with Crippen molar-refractivity contribution in [2.45, 2.75) is 19.5 Å². The first-order valence-corrected chi connectivity index (χ1v) is 11.8. The van der Waals surface area contributed by atoms with Crippen molar-refractivity contribution in [3.8, 4) is 11.5 Å². The van der Waals surface area contributed by atoms with Crippen molar-refractivity contribution in [1.82, 2.24) is 14.9 Å². The Balaban J connectivity index is 1.21. The summed E-state index contributed by atoms with van der Waals surface area (Å²) in [6, 6.07) is 31.7. The van der Waals surface area contributed by atoms with Gasteiger partial charge in [-0.3, -0.25) is 4.79 Å². The van der Waals surface area contributed by atoms with Crippen LogP contribution in [-0.4, -0.2) is 28.7 Å². The lowest BCUT2D eigenvalue weighted by atomic mass is 10.1. The molecule has 1 heterocycles. The van der Waals surface area contributed by atoms with Crippen molar-refractivity contribution in [3.63, 3.8) is 0 Å². The lowest BCUT2D eigenvalue weighted by molar-refractivity contribution is -0.123. The molecule has 6 heteroatoms. The predicted octanol–water partition coefficient (Wildman–Crippen LogP) is 5.35. The van der Waals surface area contributed by atoms with E-state index in [2.05, 4.69) is 34.1 Å². The number of nitrogens with one attached hydrogen (secondary N) is 1. The first kappa shape index (κ1) is 22.5. The van der Waals surface area contributed by atoms with Crippen molar-refractivity contribution < 1.29 is 14.3 Å². The van der Waals surface area contributed by atoms with Gasteiger partial charge in [0.25, 0.3) is 5.91 Å². The molecule has 176 valence electrons. The normalized spacial score (nSPS) is 11.0. The van der Waals surface area contributed by atoms with Crippen LogP contribution in [-0.2, 0) is 17.9 Å². The molecule has 5 aromatic rings. The fourth-order valence-electron chi connectivity index (χ4n) is 4.13. The minimum atomic E-state index is -0.188. The molecule has 6 nitrogen and oxygen atoms in total. The van der Waals surface area contributed by atoms with Crippen molar-refractivity contribution in [3.05, 3.63) is 103 Å². The number of carbonyl (C=O) groups excluding carboxylic acids is 1. The van der Waals surface area contributed by atoms with E-state index in [9.17, 15) is 4.79 Å². The van der Waals surface area contributed by atoms with Crippen molar-refractivity contribution in [2.75, 3.05) is 13.2 Å². The number of hydrogen-bond donors (Lipinski definition) is 1. The largest absolute Gasteiger partial charge is 0.493 e. The van der Waals surface area contributed by atoms with E-state index in [1.807, 2.05) is 72.8 Å². The quantitative estimate of drug-likeness (QED) is 0.282. The van der Waals surface area contributed by atoms with Crippen molar-refractivity contribution >= 4 is 27.7 Å². The third-order valence-electron chi connectivity index (χ3n) is 5.82. The maximum absolute atomic E-state index is 12.3. The number of imidazole rings is 1. The van der Waals surface area contributed by atoms with Gasteiger partial charge in [0.05, 0.1) is 24.2 Å². The topological polar surface area (TPSA) is 65.4 Å². The van der Waals surface area contributed by atoms with E-state index in [-0.39, 0.29) is 12.5 Å². The Labute approximate surface area is 204 Å². The van der Waals surface area contributed by atoms with Crippen LogP contribution >= 0.6 is 0 Å². The van der Waals surface area contributed by atoms with Crippen LogP contribution in [0.3, 0.4) is 0 Å². The average Bonchev–Trinajstić information content (AvgIpc) is 3.26. The maximum Gasteiger partial charge on any atom is 0.258 e. The summed E-state index contributed by atoms with van der Waals surface area (Å²) in [5, 5.41) is 5.21. The van der Waals surface area contributed by atoms with E-state index >= 15 is 0 Å². The minimum Gasteiger partial charge on any atom is -0.493 e. The first-order chi connectivity index (χ1) is 17.3. The molecule has 0 aliphatic carbocycles. The number of para-hydroxylation sites is 3. The van der Waals surface area contributed by atoms with Crippen LogP contribution in [0.4, 0.5) is 0 Å². The second kappa shape index (κ2) is 10.7. The maximum atomic E-state index is 12.3. The number of carbonyl (C=O) groups is 1. The second-order valence-corrected chi connectivity index (χ2v) is 8.23.